The van der Waals surface area contributed by atoms with Gasteiger partial charge >= 0.3 is 0 Å². The fraction of sp³-hybridized carbons (Fsp3) is 0.409. The number of hydrogen-bond acceptors (Lipinski definition) is 6. The van der Waals surface area contributed by atoms with Gasteiger partial charge in [-0.25, -0.2) is 25.6 Å². The predicted octanol–water partition coefficient (Wildman–Crippen LogP) is 2.00. The summed E-state index contributed by atoms with van der Waals surface area (Å²) in [6.45, 7) is 4.79. The molecule has 3 rings (SSSR count). The number of benzene rings is 2. The molecule has 0 aromatic heterocycles. The summed E-state index contributed by atoms with van der Waals surface area (Å²) in [5.74, 6) is -3.21. The Balaban J connectivity index is 1.88. The average molecular weight is 531 g/mol. The van der Waals surface area contributed by atoms with Crippen molar-refractivity contribution in [3.05, 3.63) is 53.6 Å². The molecule has 9 nitrogen and oxygen atoms in total. The van der Waals surface area contributed by atoms with Gasteiger partial charge in [0.25, 0.3) is 0 Å². The second-order valence-corrected chi connectivity index (χ2v) is 12.3. The molecule has 2 aromatic rings. The highest BCUT2D eigenvalue weighted by atomic mass is 32.2. The molecule has 1 amide bonds. The van der Waals surface area contributed by atoms with Gasteiger partial charge in [-0.2, -0.15) is 4.31 Å². The second-order valence-electron chi connectivity index (χ2n) is 8.51. The van der Waals surface area contributed by atoms with Gasteiger partial charge in [0.2, 0.25) is 26.0 Å². The molecule has 1 heterocycles. The monoisotopic (exact) mass is 530 g/mol. The number of hydrogen-bond donors (Lipinski definition) is 1. The van der Waals surface area contributed by atoms with Crippen LogP contribution < -0.4 is 9.62 Å². The second kappa shape index (κ2) is 10.2. The first kappa shape index (κ1) is 27.0. The van der Waals surface area contributed by atoms with Gasteiger partial charge in [0, 0.05) is 37.9 Å². The molecule has 0 spiro atoms. The van der Waals surface area contributed by atoms with E-state index in [0.717, 1.165) is 18.4 Å². The maximum absolute atomic E-state index is 13.7. The van der Waals surface area contributed by atoms with Crippen LogP contribution in [-0.2, 0) is 24.8 Å². The van der Waals surface area contributed by atoms with Crippen LogP contribution in [0, 0.1) is 18.6 Å². The highest BCUT2D eigenvalue weighted by Gasteiger charge is 2.31. The minimum Gasteiger partial charge on any atom is -0.324 e. The maximum Gasteiger partial charge on any atom is 0.247 e. The lowest BCUT2D eigenvalue weighted by Gasteiger charge is -2.32. The lowest BCUT2D eigenvalue weighted by atomic mass is 10.2. The molecular weight excluding hydrogens is 502 g/mol. The Kier molecular flexibility index (Phi) is 7.84. The van der Waals surface area contributed by atoms with Crippen LogP contribution in [0.15, 0.2) is 41.3 Å². The Bertz CT molecular complexity index is 1330. The SMILES string of the molecule is Cc1ccc(NC(=O)[C@@H](C)N(c2ccc(F)c(F)c2)S(C)(=O)=O)cc1S(=O)(=O)N1CCN(C)CC1. The standard InChI is InChI=1S/C22H28F2N4O5S2/c1-15-5-6-17(13-21(15)35(32,33)27-11-9-26(3)10-12-27)25-22(29)16(2)28(34(4,30)31)18-7-8-19(23)20(24)14-18/h5-8,13-14,16H,9-12H2,1-4H3,(H,25,29)/t16-/m1/s1. The van der Waals surface area contributed by atoms with Crippen LogP contribution in [0.4, 0.5) is 20.2 Å². The maximum atomic E-state index is 13.7. The van der Waals surface area contributed by atoms with E-state index in [9.17, 15) is 30.4 Å². The number of likely N-dealkylation sites (N-methyl/N-ethyl adjacent to an activating group) is 1. The van der Waals surface area contributed by atoms with E-state index in [-0.39, 0.29) is 16.3 Å². The molecule has 0 radical (unpaired) electrons. The van der Waals surface area contributed by atoms with Crippen molar-refractivity contribution in [3.63, 3.8) is 0 Å². The lowest BCUT2D eigenvalue weighted by Crippen LogP contribution is -2.47. The van der Waals surface area contributed by atoms with Gasteiger partial charge in [-0.05, 0) is 50.7 Å². The average Bonchev–Trinajstić information content (AvgIpc) is 2.76. The van der Waals surface area contributed by atoms with Gasteiger partial charge < -0.3 is 10.2 Å². The van der Waals surface area contributed by atoms with Gasteiger partial charge in [0.05, 0.1) is 16.8 Å². The summed E-state index contributed by atoms with van der Waals surface area (Å²) in [4.78, 5) is 15.0. The number of anilines is 2. The van der Waals surface area contributed by atoms with Crippen molar-refractivity contribution in [2.45, 2.75) is 24.8 Å². The minimum absolute atomic E-state index is 0.0353. The molecule has 1 aliphatic heterocycles. The van der Waals surface area contributed by atoms with Gasteiger partial charge in [0.1, 0.15) is 6.04 Å². The first-order valence-electron chi connectivity index (χ1n) is 10.8. The Labute approximate surface area is 204 Å². The smallest absolute Gasteiger partial charge is 0.247 e. The van der Waals surface area contributed by atoms with Crippen molar-refractivity contribution in [1.29, 1.82) is 0 Å². The Morgan fingerprint density at radius 2 is 1.63 bits per heavy atom. The van der Waals surface area contributed by atoms with E-state index >= 15 is 0 Å². The number of carbonyl (C=O) groups excluding carboxylic acids is 1. The van der Waals surface area contributed by atoms with Crippen molar-refractivity contribution in [1.82, 2.24) is 9.21 Å². The summed E-state index contributed by atoms with van der Waals surface area (Å²) in [5.41, 5.74) is 0.421. The number of nitrogens with zero attached hydrogens (tertiary/aromatic N) is 3. The third-order valence-electron chi connectivity index (χ3n) is 5.78. The van der Waals surface area contributed by atoms with Gasteiger partial charge in [-0.1, -0.05) is 6.07 Å². The zero-order valence-electron chi connectivity index (χ0n) is 19.8. The summed E-state index contributed by atoms with van der Waals surface area (Å²) < 4.78 is 80.4. The van der Waals surface area contributed by atoms with E-state index in [4.69, 9.17) is 0 Å². The van der Waals surface area contributed by atoms with E-state index in [1.165, 1.54) is 23.4 Å². The van der Waals surface area contributed by atoms with Gasteiger partial charge in [-0.15, -0.1) is 0 Å². The van der Waals surface area contributed by atoms with Crippen LogP contribution in [0.5, 0.6) is 0 Å². The number of aryl methyl sites for hydroxylation is 1. The number of amides is 1. The molecule has 35 heavy (non-hydrogen) atoms. The number of piperazine rings is 1. The van der Waals surface area contributed by atoms with E-state index in [1.807, 2.05) is 11.9 Å². The normalized spacial score (nSPS) is 16.6. The molecule has 192 valence electrons. The molecule has 0 saturated carbocycles. The number of sulfonamides is 2. The van der Waals surface area contributed by atoms with Crippen LogP contribution in [0.25, 0.3) is 0 Å². The summed E-state index contributed by atoms with van der Waals surface area (Å²) in [5, 5.41) is 2.54. The molecule has 1 fully saturated rings. The van der Waals surface area contributed by atoms with Crippen LogP contribution in [-0.4, -0.2) is 77.5 Å². The summed E-state index contributed by atoms with van der Waals surface area (Å²) in [6.07, 6.45) is 0.838. The molecule has 2 aromatic carbocycles. The van der Waals surface area contributed by atoms with Crippen molar-refractivity contribution in [2.24, 2.45) is 0 Å². The third-order valence-corrected chi connectivity index (χ3v) is 9.06. The quantitative estimate of drug-likeness (QED) is 0.587. The molecule has 13 heteroatoms. The fourth-order valence-corrected chi connectivity index (χ4v) is 6.64. The fourth-order valence-electron chi connectivity index (χ4n) is 3.80. The number of rotatable bonds is 7. The topological polar surface area (TPSA) is 107 Å². The summed E-state index contributed by atoms with van der Waals surface area (Å²) >= 11 is 0. The highest BCUT2D eigenvalue weighted by Crippen LogP contribution is 2.26. The van der Waals surface area contributed by atoms with Crippen LogP contribution in [0.1, 0.15) is 12.5 Å². The van der Waals surface area contributed by atoms with Crippen LogP contribution in [0.3, 0.4) is 0 Å². The first-order chi connectivity index (χ1) is 16.2. The number of halogens is 2. The number of nitrogens with one attached hydrogen (secondary N) is 1. The van der Waals surface area contributed by atoms with Gasteiger partial charge in [-0.3, -0.25) is 9.10 Å². The Morgan fingerprint density at radius 1 is 1.00 bits per heavy atom. The van der Waals surface area contributed by atoms with Crippen LogP contribution >= 0.6 is 0 Å². The van der Waals surface area contributed by atoms with Gasteiger partial charge in [0.15, 0.2) is 11.6 Å². The molecular formula is C22H28F2N4O5S2. The first-order valence-corrected chi connectivity index (χ1v) is 14.1. The zero-order valence-corrected chi connectivity index (χ0v) is 21.5. The molecule has 0 aliphatic carbocycles. The highest BCUT2D eigenvalue weighted by molar-refractivity contribution is 7.92. The zero-order chi connectivity index (χ0) is 26.1. The Hall–Kier alpha value is -2.61. The van der Waals surface area contributed by atoms with E-state index < -0.39 is 43.6 Å². The third kappa shape index (κ3) is 5.97. The van der Waals surface area contributed by atoms with Crippen molar-refractivity contribution in [3.8, 4) is 0 Å². The molecule has 1 saturated heterocycles. The van der Waals surface area contributed by atoms with E-state index in [0.29, 0.717) is 42.1 Å². The van der Waals surface area contributed by atoms with Crippen molar-refractivity contribution < 1.29 is 30.4 Å². The van der Waals surface area contributed by atoms with E-state index in [2.05, 4.69) is 5.32 Å². The lowest BCUT2D eigenvalue weighted by molar-refractivity contribution is -0.116. The number of carbonyl (C=O) groups is 1. The minimum atomic E-state index is -4.06. The molecule has 1 N–H and O–H groups in total. The molecule has 1 aliphatic rings. The van der Waals surface area contributed by atoms with Crippen LogP contribution in [0.2, 0.25) is 0 Å². The molecule has 0 unspecified atom stereocenters. The summed E-state index contributed by atoms with van der Waals surface area (Å²) in [6, 6.07) is 5.54. The predicted molar refractivity (Wildman–Crippen MR) is 129 cm³/mol. The van der Waals surface area contributed by atoms with E-state index in [1.54, 1.807) is 13.0 Å². The molecule has 1 atom stereocenters. The largest absolute Gasteiger partial charge is 0.324 e. The van der Waals surface area contributed by atoms with Crippen molar-refractivity contribution >= 4 is 37.3 Å². The van der Waals surface area contributed by atoms with Crippen molar-refractivity contribution in [2.75, 3.05) is 49.1 Å². The summed E-state index contributed by atoms with van der Waals surface area (Å²) in [7, 11) is -5.97. The molecule has 0 bridgehead atoms. The Morgan fingerprint density at radius 3 is 2.20 bits per heavy atom.